The maximum absolute atomic E-state index is 12.0. The second-order valence-electron chi connectivity index (χ2n) is 4.22. The average Bonchev–Trinajstić information content (AvgIpc) is 2.88. The van der Waals surface area contributed by atoms with Gasteiger partial charge in [0.25, 0.3) is 0 Å². The summed E-state index contributed by atoms with van der Waals surface area (Å²) >= 11 is 1.60. The molecule has 2 N–H and O–H groups in total. The van der Waals surface area contributed by atoms with Crippen LogP contribution < -0.4 is 5.32 Å². The molecule has 2 amide bonds. The van der Waals surface area contributed by atoms with Gasteiger partial charge in [0, 0.05) is 18.0 Å². The smallest absolute Gasteiger partial charge is 0.317 e. The summed E-state index contributed by atoms with van der Waals surface area (Å²) in [7, 11) is 0. The fourth-order valence-corrected chi connectivity index (χ4v) is 2.37. The Balaban J connectivity index is 2.47. The first-order valence-electron chi connectivity index (χ1n) is 6.36. The van der Waals surface area contributed by atoms with Gasteiger partial charge < -0.3 is 15.3 Å². The Morgan fingerprint density at radius 2 is 2.21 bits per heavy atom. The Morgan fingerprint density at radius 3 is 2.68 bits per heavy atom. The second-order valence-corrected chi connectivity index (χ2v) is 5.26. The van der Waals surface area contributed by atoms with E-state index in [0.29, 0.717) is 19.5 Å². The summed E-state index contributed by atoms with van der Waals surface area (Å²) in [5.41, 5.74) is 0. The maximum Gasteiger partial charge on any atom is 0.317 e. The van der Waals surface area contributed by atoms with E-state index >= 15 is 0 Å². The van der Waals surface area contributed by atoms with Crippen molar-refractivity contribution >= 4 is 23.3 Å². The van der Waals surface area contributed by atoms with Crippen LogP contribution in [0.2, 0.25) is 0 Å². The molecule has 1 heterocycles. The van der Waals surface area contributed by atoms with E-state index in [2.05, 4.69) is 5.32 Å². The lowest BCUT2D eigenvalue weighted by molar-refractivity contribution is -0.141. The van der Waals surface area contributed by atoms with Gasteiger partial charge in [-0.2, -0.15) is 0 Å². The molecule has 1 rings (SSSR count). The Bertz CT molecular complexity index is 406. The van der Waals surface area contributed by atoms with Crippen molar-refractivity contribution in [1.82, 2.24) is 10.2 Å². The molecule has 0 aliphatic heterocycles. The monoisotopic (exact) mass is 284 g/mol. The van der Waals surface area contributed by atoms with Crippen LogP contribution >= 0.6 is 11.3 Å². The minimum Gasteiger partial charge on any atom is -0.481 e. The van der Waals surface area contributed by atoms with Crippen LogP contribution in [0.1, 0.15) is 25.1 Å². The normalized spacial score (nSPS) is 11.9. The number of nitrogens with one attached hydrogen (secondary N) is 1. The third-order valence-corrected chi connectivity index (χ3v) is 3.80. The van der Waals surface area contributed by atoms with E-state index < -0.39 is 11.9 Å². The molecule has 0 spiro atoms. The number of thiophene rings is 1. The highest BCUT2D eigenvalue weighted by Gasteiger charge is 2.18. The van der Waals surface area contributed by atoms with Gasteiger partial charge in [-0.3, -0.25) is 4.79 Å². The van der Waals surface area contributed by atoms with Gasteiger partial charge >= 0.3 is 12.0 Å². The van der Waals surface area contributed by atoms with Crippen LogP contribution in [0.4, 0.5) is 4.79 Å². The van der Waals surface area contributed by atoms with Crippen LogP contribution in [0.15, 0.2) is 17.5 Å². The van der Waals surface area contributed by atoms with Crippen LogP contribution in [0.25, 0.3) is 0 Å². The molecule has 1 aromatic rings. The van der Waals surface area contributed by atoms with Crippen molar-refractivity contribution in [3.05, 3.63) is 22.4 Å². The Morgan fingerprint density at radius 1 is 1.47 bits per heavy atom. The van der Waals surface area contributed by atoms with Crippen molar-refractivity contribution < 1.29 is 14.7 Å². The number of hydrogen-bond donors (Lipinski definition) is 2. The zero-order valence-electron chi connectivity index (χ0n) is 11.3. The Hall–Kier alpha value is -1.56. The molecular weight excluding hydrogens is 264 g/mol. The topological polar surface area (TPSA) is 69.6 Å². The summed E-state index contributed by atoms with van der Waals surface area (Å²) in [6.45, 7) is 5.03. The second kappa shape index (κ2) is 7.78. The molecule has 0 radical (unpaired) electrons. The number of carbonyl (C=O) groups is 2. The molecule has 0 saturated heterocycles. The third-order valence-electron chi connectivity index (χ3n) is 2.94. The van der Waals surface area contributed by atoms with E-state index in [1.807, 2.05) is 24.4 Å². The molecule has 0 bridgehead atoms. The first-order valence-corrected chi connectivity index (χ1v) is 7.24. The summed E-state index contributed by atoms with van der Waals surface area (Å²) in [6, 6.07) is 3.71. The first kappa shape index (κ1) is 15.5. The highest BCUT2D eigenvalue weighted by Crippen LogP contribution is 2.11. The molecule has 19 heavy (non-hydrogen) atoms. The SMILES string of the molecule is CCC(CNC(=O)N(CC)Cc1cccs1)C(=O)O. The molecule has 6 heteroatoms. The lowest BCUT2D eigenvalue weighted by Crippen LogP contribution is -2.42. The lowest BCUT2D eigenvalue weighted by atomic mass is 10.1. The molecule has 5 nitrogen and oxygen atoms in total. The van der Waals surface area contributed by atoms with E-state index in [-0.39, 0.29) is 12.6 Å². The minimum atomic E-state index is -0.871. The molecule has 0 aromatic carbocycles. The summed E-state index contributed by atoms with van der Waals surface area (Å²) < 4.78 is 0. The number of carbonyl (C=O) groups excluding carboxylic acids is 1. The van der Waals surface area contributed by atoms with Crippen molar-refractivity contribution in [1.29, 1.82) is 0 Å². The van der Waals surface area contributed by atoms with Crippen LogP contribution in [-0.2, 0) is 11.3 Å². The zero-order chi connectivity index (χ0) is 14.3. The molecule has 0 fully saturated rings. The third kappa shape index (κ3) is 4.90. The number of urea groups is 1. The molecule has 1 atom stereocenters. The highest BCUT2D eigenvalue weighted by atomic mass is 32.1. The minimum absolute atomic E-state index is 0.172. The summed E-state index contributed by atoms with van der Waals surface area (Å²) in [4.78, 5) is 25.6. The van der Waals surface area contributed by atoms with E-state index in [4.69, 9.17) is 5.11 Å². The number of aliphatic carboxylic acids is 1. The van der Waals surface area contributed by atoms with E-state index in [9.17, 15) is 9.59 Å². The number of nitrogens with zero attached hydrogens (tertiary/aromatic N) is 1. The van der Waals surface area contributed by atoms with E-state index in [1.54, 1.807) is 23.2 Å². The maximum atomic E-state index is 12.0. The van der Waals surface area contributed by atoms with Crippen LogP contribution in [0, 0.1) is 5.92 Å². The lowest BCUT2D eigenvalue weighted by Gasteiger charge is -2.21. The predicted molar refractivity (Wildman–Crippen MR) is 75.2 cm³/mol. The van der Waals surface area contributed by atoms with Crippen molar-refractivity contribution in [3.63, 3.8) is 0 Å². The molecule has 1 aromatic heterocycles. The molecule has 0 aliphatic rings. The quantitative estimate of drug-likeness (QED) is 0.807. The van der Waals surface area contributed by atoms with E-state index in [1.165, 1.54) is 0 Å². The fourth-order valence-electron chi connectivity index (χ4n) is 1.65. The number of hydrogen-bond acceptors (Lipinski definition) is 3. The van der Waals surface area contributed by atoms with Gasteiger partial charge in [0.15, 0.2) is 0 Å². The standard InChI is InChI=1S/C13H20N2O3S/c1-3-10(12(16)17)8-14-13(18)15(4-2)9-11-6-5-7-19-11/h5-7,10H,3-4,8-9H2,1-2H3,(H,14,18)(H,16,17). The van der Waals surface area contributed by atoms with Gasteiger partial charge in [-0.25, -0.2) is 4.79 Å². The number of amides is 2. The van der Waals surface area contributed by atoms with Crippen LogP contribution in [0.3, 0.4) is 0 Å². The summed E-state index contributed by atoms with van der Waals surface area (Å²) in [6.07, 6.45) is 0.507. The highest BCUT2D eigenvalue weighted by molar-refractivity contribution is 7.09. The van der Waals surface area contributed by atoms with Gasteiger partial charge in [-0.15, -0.1) is 11.3 Å². The largest absolute Gasteiger partial charge is 0.481 e. The van der Waals surface area contributed by atoms with Crippen molar-refractivity contribution in [2.45, 2.75) is 26.8 Å². The van der Waals surface area contributed by atoms with Gasteiger partial charge in [0.2, 0.25) is 0 Å². The summed E-state index contributed by atoms with van der Waals surface area (Å²) in [5.74, 6) is -1.39. The molecule has 0 aliphatic carbocycles. The predicted octanol–water partition coefficient (Wildman–Crippen LogP) is 2.39. The van der Waals surface area contributed by atoms with Gasteiger partial charge in [0.1, 0.15) is 0 Å². The van der Waals surface area contributed by atoms with Crippen LogP contribution in [0.5, 0.6) is 0 Å². The zero-order valence-corrected chi connectivity index (χ0v) is 12.1. The molecule has 0 saturated carbocycles. The number of carboxylic acid groups (broad SMARTS) is 1. The number of rotatable bonds is 7. The first-order chi connectivity index (χ1) is 9.08. The van der Waals surface area contributed by atoms with Crippen LogP contribution in [-0.4, -0.2) is 35.1 Å². The van der Waals surface area contributed by atoms with Gasteiger partial charge in [-0.05, 0) is 24.8 Å². The van der Waals surface area contributed by atoms with Gasteiger partial charge in [-0.1, -0.05) is 13.0 Å². The van der Waals surface area contributed by atoms with Crippen molar-refractivity contribution in [2.75, 3.05) is 13.1 Å². The summed E-state index contributed by atoms with van der Waals surface area (Å²) in [5, 5.41) is 13.6. The molecule has 1 unspecified atom stereocenters. The van der Waals surface area contributed by atoms with E-state index in [0.717, 1.165) is 4.88 Å². The average molecular weight is 284 g/mol. The molecular formula is C13H20N2O3S. The molecule has 106 valence electrons. The number of carboxylic acids is 1. The Labute approximate surface area is 117 Å². The Kier molecular flexibility index (Phi) is 6.35. The van der Waals surface area contributed by atoms with Crippen molar-refractivity contribution in [2.24, 2.45) is 5.92 Å². The fraction of sp³-hybridized carbons (Fsp3) is 0.538. The van der Waals surface area contributed by atoms with Crippen molar-refractivity contribution in [3.8, 4) is 0 Å². The van der Waals surface area contributed by atoms with Gasteiger partial charge in [0.05, 0.1) is 12.5 Å².